The molecule has 1 aliphatic rings. The molecule has 1 atom stereocenters. The third kappa shape index (κ3) is 2.42. The van der Waals surface area contributed by atoms with E-state index in [4.69, 9.17) is 14.2 Å². The average Bonchev–Trinajstić information content (AvgIpc) is 2.85. The van der Waals surface area contributed by atoms with Crippen LogP contribution >= 0.6 is 0 Å². The summed E-state index contributed by atoms with van der Waals surface area (Å²) in [6, 6.07) is 8.38. The molecule has 2 aromatic carbocycles. The molecule has 3 rings (SSSR count). The minimum atomic E-state index is -0.292. The van der Waals surface area contributed by atoms with E-state index in [1.807, 2.05) is 12.1 Å². The van der Waals surface area contributed by atoms with Crippen LogP contribution in [0.4, 0.5) is 4.39 Å². The van der Waals surface area contributed by atoms with Crippen LogP contribution in [0, 0.1) is 12.7 Å². The Bertz CT molecular complexity index is 682. The Morgan fingerprint density at radius 3 is 2.67 bits per heavy atom. The van der Waals surface area contributed by atoms with E-state index >= 15 is 0 Å². The summed E-state index contributed by atoms with van der Waals surface area (Å²) in [7, 11) is 3.16. The first kappa shape index (κ1) is 13.7. The summed E-state index contributed by atoms with van der Waals surface area (Å²) in [5.74, 6) is 1.68. The molecule has 0 saturated carbocycles. The number of rotatable bonds is 3. The molecule has 0 fully saturated rings. The van der Waals surface area contributed by atoms with Crippen molar-refractivity contribution in [1.29, 1.82) is 0 Å². The molecule has 0 aliphatic carbocycles. The van der Waals surface area contributed by atoms with Gasteiger partial charge in [-0.25, -0.2) is 4.39 Å². The van der Waals surface area contributed by atoms with Crippen molar-refractivity contribution in [3.8, 4) is 28.4 Å². The average molecular weight is 287 g/mol. The van der Waals surface area contributed by atoms with Gasteiger partial charge in [-0.2, -0.15) is 0 Å². The molecule has 0 bridgehead atoms. The molecule has 0 amide bonds. The van der Waals surface area contributed by atoms with Gasteiger partial charge in [0.05, 0.1) is 14.2 Å². The van der Waals surface area contributed by atoms with Crippen molar-refractivity contribution in [2.24, 2.45) is 0 Å². The topological polar surface area (TPSA) is 27.7 Å². The standard InChI is InChI=1S/C17H16FO3/c1-10-6-11-7-12(18)8-15(17(11)21-10)14-5-4-13(19-2)9-16(14)20-3/h4-5,7-10H,1,6H2,2-3H3. The van der Waals surface area contributed by atoms with Gasteiger partial charge in [0.2, 0.25) is 0 Å². The summed E-state index contributed by atoms with van der Waals surface area (Å²) >= 11 is 0. The van der Waals surface area contributed by atoms with Gasteiger partial charge in [-0.15, -0.1) is 0 Å². The molecule has 1 unspecified atom stereocenters. The zero-order chi connectivity index (χ0) is 15.0. The summed E-state index contributed by atoms with van der Waals surface area (Å²) in [6.45, 7) is 3.89. The molecule has 0 spiro atoms. The summed E-state index contributed by atoms with van der Waals surface area (Å²) in [6.07, 6.45) is 0.420. The Morgan fingerprint density at radius 1 is 1.14 bits per heavy atom. The lowest BCUT2D eigenvalue weighted by Crippen LogP contribution is -2.06. The summed E-state index contributed by atoms with van der Waals surface area (Å²) in [5.41, 5.74) is 2.28. The van der Waals surface area contributed by atoms with Crippen molar-refractivity contribution in [3.63, 3.8) is 0 Å². The van der Waals surface area contributed by atoms with Crippen LogP contribution < -0.4 is 14.2 Å². The maximum absolute atomic E-state index is 13.9. The highest BCUT2D eigenvalue weighted by Crippen LogP contribution is 2.43. The van der Waals surface area contributed by atoms with Gasteiger partial charge in [0.25, 0.3) is 0 Å². The molecule has 0 saturated heterocycles. The third-order valence-electron chi connectivity index (χ3n) is 3.56. The zero-order valence-electron chi connectivity index (χ0n) is 12.0. The molecular formula is C17H16FO3. The van der Waals surface area contributed by atoms with Crippen LogP contribution in [0.25, 0.3) is 11.1 Å². The number of fused-ring (bicyclic) bond motifs is 1. The van der Waals surface area contributed by atoms with Crippen molar-refractivity contribution in [3.05, 3.63) is 48.6 Å². The summed E-state index contributed by atoms with van der Waals surface area (Å²) in [5, 5.41) is 0. The van der Waals surface area contributed by atoms with Gasteiger partial charge < -0.3 is 14.2 Å². The van der Waals surface area contributed by atoms with E-state index in [2.05, 4.69) is 6.92 Å². The van der Waals surface area contributed by atoms with E-state index < -0.39 is 0 Å². The second-order valence-corrected chi connectivity index (χ2v) is 4.95. The van der Waals surface area contributed by atoms with Crippen LogP contribution in [0.5, 0.6) is 17.2 Å². The van der Waals surface area contributed by atoms with Gasteiger partial charge in [0, 0.05) is 29.2 Å². The van der Waals surface area contributed by atoms with Crippen molar-refractivity contribution in [2.75, 3.05) is 14.2 Å². The smallest absolute Gasteiger partial charge is 0.131 e. The Morgan fingerprint density at radius 2 is 1.95 bits per heavy atom. The fourth-order valence-electron chi connectivity index (χ4n) is 2.62. The molecule has 1 radical (unpaired) electrons. The van der Waals surface area contributed by atoms with Gasteiger partial charge in [0.1, 0.15) is 29.2 Å². The number of methoxy groups -OCH3 is 2. The van der Waals surface area contributed by atoms with Crippen LogP contribution in [0.1, 0.15) is 5.56 Å². The predicted octanol–water partition coefficient (Wildman–Crippen LogP) is 3.65. The number of halogens is 1. The highest BCUT2D eigenvalue weighted by Gasteiger charge is 2.25. The molecule has 3 nitrogen and oxygen atoms in total. The predicted molar refractivity (Wildman–Crippen MR) is 78.4 cm³/mol. The van der Waals surface area contributed by atoms with Gasteiger partial charge >= 0.3 is 0 Å². The van der Waals surface area contributed by atoms with Gasteiger partial charge in [0.15, 0.2) is 0 Å². The molecule has 0 N–H and O–H groups in total. The molecular weight excluding hydrogens is 271 g/mol. The van der Waals surface area contributed by atoms with Crippen LogP contribution in [-0.2, 0) is 6.42 Å². The normalized spacial score (nSPS) is 16.3. The van der Waals surface area contributed by atoms with E-state index in [0.717, 1.165) is 11.1 Å². The third-order valence-corrected chi connectivity index (χ3v) is 3.56. The van der Waals surface area contributed by atoms with E-state index in [1.54, 1.807) is 20.3 Å². The number of benzene rings is 2. The summed E-state index contributed by atoms with van der Waals surface area (Å²) < 4.78 is 30.2. The second-order valence-electron chi connectivity index (χ2n) is 4.95. The Hall–Kier alpha value is -2.23. The van der Waals surface area contributed by atoms with Crippen molar-refractivity contribution < 1.29 is 18.6 Å². The van der Waals surface area contributed by atoms with Crippen LogP contribution in [0.2, 0.25) is 0 Å². The maximum Gasteiger partial charge on any atom is 0.131 e. The van der Waals surface area contributed by atoms with Crippen LogP contribution in [0.15, 0.2) is 30.3 Å². The Balaban J connectivity index is 2.18. The Kier molecular flexibility index (Phi) is 3.45. The van der Waals surface area contributed by atoms with E-state index in [0.29, 0.717) is 29.2 Å². The van der Waals surface area contributed by atoms with Gasteiger partial charge in [-0.05, 0) is 31.2 Å². The highest BCUT2D eigenvalue weighted by atomic mass is 19.1. The maximum atomic E-state index is 13.9. The van der Waals surface area contributed by atoms with Crippen LogP contribution in [-0.4, -0.2) is 20.3 Å². The highest BCUT2D eigenvalue weighted by molar-refractivity contribution is 5.78. The lowest BCUT2D eigenvalue weighted by atomic mass is 9.99. The van der Waals surface area contributed by atoms with Crippen molar-refractivity contribution in [2.45, 2.75) is 12.5 Å². The quantitative estimate of drug-likeness (QED) is 0.862. The first-order valence-electron chi connectivity index (χ1n) is 6.67. The zero-order valence-corrected chi connectivity index (χ0v) is 12.0. The minimum Gasteiger partial charge on any atom is -0.497 e. The largest absolute Gasteiger partial charge is 0.497 e. The lowest BCUT2D eigenvalue weighted by molar-refractivity contribution is 0.282. The van der Waals surface area contributed by atoms with Crippen LogP contribution in [0.3, 0.4) is 0 Å². The van der Waals surface area contributed by atoms with Crippen molar-refractivity contribution in [1.82, 2.24) is 0 Å². The number of hydrogen-bond donors (Lipinski definition) is 0. The molecule has 109 valence electrons. The lowest BCUT2D eigenvalue weighted by Gasteiger charge is -2.14. The Labute approximate surface area is 123 Å². The van der Waals surface area contributed by atoms with E-state index in [9.17, 15) is 4.39 Å². The second kappa shape index (κ2) is 5.28. The number of ether oxygens (including phenoxy) is 3. The molecule has 4 heteroatoms. The first-order valence-corrected chi connectivity index (χ1v) is 6.67. The van der Waals surface area contributed by atoms with E-state index in [-0.39, 0.29) is 11.9 Å². The molecule has 21 heavy (non-hydrogen) atoms. The summed E-state index contributed by atoms with van der Waals surface area (Å²) in [4.78, 5) is 0. The molecule has 1 aliphatic heterocycles. The van der Waals surface area contributed by atoms with Crippen molar-refractivity contribution >= 4 is 0 Å². The van der Waals surface area contributed by atoms with Gasteiger partial charge in [-0.1, -0.05) is 0 Å². The number of hydrogen-bond acceptors (Lipinski definition) is 3. The SMILES string of the molecule is [CH2]C1Cc2cc(F)cc(-c3ccc(OC)cc3OC)c2O1. The monoisotopic (exact) mass is 287 g/mol. The molecule has 2 aromatic rings. The molecule has 0 aromatic heterocycles. The van der Waals surface area contributed by atoms with Gasteiger partial charge in [-0.3, -0.25) is 0 Å². The fraction of sp³-hybridized carbons (Fsp3) is 0.235. The first-order chi connectivity index (χ1) is 10.1. The minimum absolute atomic E-state index is 0.190. The molecule has 1 heterocycles. The fourth-order valence-corrected chi connectivity index (χ4v) is 2.62. The van der Waals surface area contributed by atoms with E-state index in [1.165, 1.54) is 12.1 Å².